The molecule has 0 spiro atoms. The van der Waals surface area contributed by atoms with Gasteiger partial charge in [0.15, 0.2) is 0 Å². The summed E-state index contributed by atoms with van der Waals surface area (Å²) in [5, 5.41) is 3.55. The van der Waals surface area contributed by atoms with Gasteiger partial charge in [-0.15, -0.1) is 0 Å². The Kier molecular flexibility index (Phi) is 5.05. The Morgan fingerprint density at radius 3 is 2.55 bits per heavy atom. The van der Waals surface area contributed by atoms with Gasteiger partial charge in [-0.25, -0.2) is 4.79 Å². The molecule has 3 nitrogen and oxygen atoms in total. The summed E-state index contributed by atoms with van der Waals surface area (Å²) in [6.07, 6.45) is 5.02. The standard InChI is InChI=1S/C17H25NO2/c1-12(2)13-7-9-15(10-8-13)18-16-6-4-5-14(11-16)17(19)20-3/h4-6,11-13,15,18H,7-10H2,1-3H3. The molecule has 1 aliphatic carbocycles. The van der Waals surface area contributed by atoms with Crippen molar-refractivity contribution in [1.82, 2.24) is 0 Å². The van der Waals surface area contributed by atoms with Crippen LogP contribution in [0.25, 0.3) is 0 Å². The van der Waals surface area contributed by atoms with Crippen molar-refractivity contribution in [2.75, 3.05) is 12.4 Å². The third-order valence-corrected chi connectivity index (χ3v) is 4.37. The number of hydrogen-bond acceptors (Lipinski definition) is 3. The fourth-order valence-corrected chi connectivity index (χ4v) is 3.02. The van der Waals surface area contributed by atoms with Crippen LogP contribution in [-0.4, -0.2) is 19.1 Å². The highest BCUT2D eigenvalue weighted by atomic mass is 16.5. The second-order valence-electron chi connectivity index (χ2n) is 6.07. The molecule has 0 saturated heterocycles. The first kappa shape index (κ1) is 14.9. The van der Waals surface area contributed by atoms with Crippen molar-refractivity contribution < 1.29 is 9.53 Å². The predicted octanol–water partition coefficient (Wildman–Crippen LogP) is 4.10. The van der Waals surface area contributed by atoms with E-state index in [-0.39, 0.29) is 5.97 Å². The molecule has 1 fully saturated rings. The fourth-order valence-electron chi connectivity index (χ4n) is 3.02. The summed E-state index contributed by atoms with van der Waals surface area (Å²) in [6, 6.07) is 8.10. The molecule has 1 aromatic carbocycles. The largest absolute Gasteiger partial charge is 0.465 e. The number of rotatable bonds is 4. The van der Waals surface area contributed by atoms with Gasteiger partial charge in [0.05, 0.1) is 12.7 Å². The second kappa shape index (κ2) is 6.78. The van der Waals surface area contributed by atoms with E-state index in [1.807, 2.05) is 18.2 Å². The lowest BCUT2D eigenvalue weighted by Gasteiger charge is -2.31. The van der Waals surface area contributed by atoms with Gasteiger partial charge in [-0.2, -0.15) is 0 Å². The van der Waals surface area contributed by atoms with Crippen LogP contribution in [0.2, 0.25) is 0 Å². The van der Waals surface area contributed by atoms with Crippen molar-refractivity contribution in [3.63, 3.8) is 0 Å². The molecule has 1 N–H and O–H groups in total. The lowest BCUT2D eigenvalue weighted by molar-refractivity contribution is 0.0601. The van der Waals surface area contributed by atoms with Gasteiger partial charge in [-0.05, 0) is 55.7 Å². The first-order chi connectivity index (χ1) is 9.60. The van der Waals surface area contributed by atoms with Crippen LogP contribution in [0.5, 0.6) is 0 Å². The second-order valence-corrected chi connectivity index (χ2v) is 6.07. The molecular formula is C17H25NO2. The van der Waals surface area contributed by atoms with E-state index in [1.165, 1.54) is 32.8 Å². The van der Waals surface area contributed by atoms with Crippen molar-refractivity contribution in [3.05, 3.63) is 29.8 Å². The highest BCUT2D eigenvalue weighted by Gasteiger charge is 2.23. The summed E-state index contributed by atoms with van der Waals surface area (Å²) in [7, 11) is 1.41. The molecule has 2 rings (SSSR count). The fraction of sp³-hybridized carbons (Fsp3) is 0.588. The van der Waals surface area contributed by atoms with Gasteiger partial charge in [-0.3, -0.25) is 0 Å². The minimum Gasteiger partial charge on any atom is -0.465 e. The Labute approximate surface area is 121 Å². The molecule has 1 aromatic rings. The molecule has 0 bridgehead atoms. The van der Waals surface area contributed by atoms with Gasteiger partial charge < -0.3 is 10.1 Å². The van der Waals surface area contributed by atoms with E-state index < -0.39 is 0 Å². The number of esters is 1. The van der Waals surface area contributed by atoms with Crippen LogP contribution in [0.1, 0.15) is 49.9 Å². The minimum absolute atomic E-state index is 0.280. The lowest BCUT2D eigenvalue weighted by atomic mass is 9.79. The quantitative estimate of drug-likeness (QED) is 0.841. The molecule has 20 heavy (non-hydrogen) atoms. The van der Waals surface area contributed by atoms with Crippen LogP contribution in [-0.2, 0) is 4.74 Å². The van der Waals surface area contributed by atoms with Crippen molar-refractivity contribution in [1.29, 1.82) is 0 Å². The van der Waals surface area contributed by atoms with Gasteiger partial charge in [0, 0.05) is 11.7 Å². The monoisotopic (exact) mass is 275 g/mol. The van der Waals surface area contributed by atoms with Crippen LogP contribution in [0, 0.1) is 11.8 Å². The Balaban J connectivity index is 1.93. The third kappa shape index (κ3) is 3.75. The molecule has 0 aromatic heterocycles. The summed E-state index contributed by atoms with van der Waals surface area (Å²) >= 11 is 0. The topological polar surface area (TPSA) is 38.3 Å². The molecule has 3 heteroatoms. The predicted molar refractivity (Wildman–Crippen MR) is 82.0 cm³/mol. The first-order valence-electron chi connectivity index (χ1n) is 7.55. The van der Waals surface area contributed by atoms with E-state index in [0.717, 1.165) is 17.5 Å². The molecule has 0 amide bonds. The van der Waals surface area contributed by atoms with E-state index in [2.05, 4.69) is 19.2 Å². The van der Waals surface area contributed by atoms with Crippen molar-refractivity contribution in [2.24, 2.45) is 11.8 Å². The van der Waals surface area contributed by atoms with Gasteiger partial charge in [0.2, 0.25) is 0 Å². The zero-order chi connectivity index (χ0) is 14.5. The Morgan fingerprint density at radius 1 is 1.25 bits per heavy atom. The SMILES string of the molecule is COC(=O)c1cccc(NC2CCC(C(C)C)CC2)c1. The lowest BCUT2D eigenvalue weighted by Crippen LogP contribution is -2.27. The number of anilines is 1. The summed E-state index contributed by atoms with van der Waals surface area (Å²) in [5.41, 5.74) is 1.62. The highest BCUT2D eigenvalue weighted by Crippen LogP contribution is 2.31. The van der Waals surface area contributed by atoms with Crippen LogP contribution < -0.4 is 5.32 Å². The van der Waals surface area contributed by atoms with E-state index in [4.69, 9.17) is 4.74 Å². The Morgan fingerprint density at radius 2 is 1.95 bits per heavy atom. The number of hydrogen-bond donors (Lipinski definition) is 1. The van der Waals surface area contributed by atoms with Crippen molar-refractivity contribution in [2.45, 2.75) is 45.6 Å². The Bertz CT molecular complexity index is 448. The van der Waals surface area contributed by atoms with Crippen LogP contribution >= 0.6 is 0 Å². The first-order valence-corrected chi connectivity index (χ1v) is 7.55. The highest BCUT2D eigenvalue weighted by molar-refractivity contribution is 5.90. The van der Waals surface area contributed by atoms with Gasteiger partial charge in [0.1, 0.15) is 0 Å². The maximum Gasteiger partial charge on any atom is 0.337 e. The average Bonchev–Trinajstić information content (AvgIpc) is 2.47. The molecule has 110 valence electrons. The molecular weight excluding hydrogens is 250 g/mol. The number of nitrogens with one attached hydrogen (secondary N) is 1. The number of ether oxygens (including phenoxy) is 1. The van der Waals surface area contributed by atoms with E-state index in [9.17, 15) is 4.79 Å². The molecule has 1 aliphatic rings. The summed E-state index contributed by atoms with van der Waals surface area (Å²) in [5.74, 6) is 1.38. The normalized spacial score (nSPS) is 22.6. The third-order valence-electron chi connectivity index (χ3n) is 4.37. The van der Waals surface area contributed by atoms with Crippen molar-refractivity contribution in [3.8, 4) is 0 Å². The molecule has 0 heterocycles. The van der Waals surface area contributed by atoms with Crippen LogP contribution in [0.4, 0.5) is 5.69 Å². The maximum absolute atomic E-state index is 11.5. The van der Waals surface area contributed by atoms with E-state index in [1.54, 1.807) is 6.07 Å². The molecule has 0 atom stereocenters. The summed E-state index contributed by atoms with van der Waals surface area (Å²) in [6.45, 7) is 4.64. The summed E-state index contributed by atoms with van der Waals surface area (Å²) < 4.78 is 4.75. The average molecular weight is 275 g/mol. The van der Waals surface area contributed by atoms with Crippen LogP contribution in [0.3, 0.4) is 0 Å². The number of carbonyl (C=O) groups excluding carboxylic acids is 1. The summed E-state index contributed by atoms with van der Waals surface area (Å²) in [4.78, 5) is 11.5. The van der Waals surface area contributed by atoms with E-state index >= 15 is 0 Å². The Hall–Kier alpha value is -1.51. The zero-order valence-electron chi connectivity index (χ0n) is 12.7. The molecule has 0 radical (unpaired) electrons. The number of methoxy groups -OCH3 is 1. The smallest absolute Gasteiger partial charge is 0.337 e. The molecule has 0 aliphatic heterocycles. The number of benzene rings is 1. The van der Waals surface area contributed by atoms with E-state index in [0.29, 0.717) is 11.6 Å². The minimum atomic E-state index is -0.280. The maximum atomic E-state index is 11.5. The van der Waals surface area contributed by atoms with Gasteiger partial charge in [-0.1, -0.05) is 19.9 Å². The van der Waals surface area contributed by atoms with Crippen LogP contribution in [0.15, 0.2) is 24.3 Å². The van der Waals surface area contributed by atoms with Gasteiger partial charge >= 0.3 is 5.97 Å². The van der Waals surface area contributed by atoms with Crippen molar-refractivity contribution >= 4 is 11.7 Å². The molecule has 0 unspecified atom stereocenters. The zero-order valence-corrected chi connectivity index (χ0v) is 12.7. The molecule has 1 saturated carbocycles. The number of carbonyl (C=O) groups is 1. The van der Waals surface area contributed by atoms with Gasteiger partial charge in [0.25, 0.3) is 0 Å².